The normalized spacial score (nSPS) is 11.1. The van der Waals surface area contributed by atoms with Gasteiger partial charge < -0.3 is 10.5 Å². The van der Waals surface area contributed by atoms with E-state index < -0.39 is 0 Å². The zero-order chi connectivity index (χ0) is 14.0. The summed E-state index contributed by atoms with van der Waals surface area (Å²) in [7, 11) is 1.71. The van der Waals surface area contributed by atoms with Crippen LogP contribution in [0.25, 0.3) is 10.6 Å². The highest BCUT2D eigenvalue weighted by Crippen LogP contribution is 2.35. The number of ether oxygens (including phenoxy) is 1. The minimum Gasteiger partial charge on any atom is -0.496 e. The second kappa shape index (κ2) is 5.67. The van der Waals surface area contributed by atoms with Crippen molar-refractivity contribution in [1.82, 2.24) is 10.2 Å². The van der Waals surface area contributed by atoms with E-state index in [0.717, 1.165) is 26.9 Å². The summed E-state index contributed by atoms with van der Waals surface area (Å²) in [6.07, 6.45) is 0. The third kappa shape index (κ3) is 2.77. The number of nitrogens with zero attached hydrogens (tertiary/aromatic N) is 2. The largest absolute Gasteiger partial charge is 0.496 e. The maximum Gasteiger partial charge on any atom is 0.148 e. The molecule has 0 saturated carbocycles. The second-order valence-electron chi connectivity index (χ2n) is 4.77. The zero-order valence-electron chi connectivity index (χ0n) is 11.7. The number of aromatic nitrogens is 2. The first-order valence-electron chi connectivity index (χ1n) is 6.28. The Kier molecular flexibility index (Phi) is 4.17. The molecule has 0 spiro atoms. The Morgan fingerprint density at radius 2 is 2.05 bits per heavy atom. The van der Waals surface area contributed by atoms with Gasteiger partial charge in [0.1, 0.15) is 15.8 Å². The Morgan fingerprint density at radius 3 is 2.58 bits per heavy atom. The fourth-order valence-corrected chi connectivity index (χ4v) is 2.80. The molecule has 0 saturated heterocycles. The third-order valence-corrected chi connectivity index (χ3v) is 4.05. The van der Waals surface area contributed by atoms with Gasteiger partial charge in [-0.15, -0.1) is 10.2 Å². The van der Waals surface area contributed by atoms with Gasteiger partial charge in [-0.1, -0.05) is 25.2 Å². The van der Waals surface area contributed by atoms with Crippen LogP contribution in [0.15, 0.2) is 12.1 Å². The standard InChI is InChI=1S/C14H19N3OS/c1-8(2)10-6-11(9(3)5-12(10)18-4)14-17-16-13(7-15)19-14/h5-6,8H,7,15H2,1-4H3. The molecule has 0 atom stereocenters. The molecule has 5 heteroatoms. The average molecular weight is 277 g/mol. The lowest BCUT2D eigenvalue weighted by Gasteiger charge is -2.14. The number of hydrogen-bond donors (Lipinski definition) is 1. The molecule has 2 aromatic rings. The Labute approximate surface area is 117 Å². The van der Waals surface area contributed by atoms with Gasteiger partial charge in [-0.25, -0.2) is 0 Å². The first-order chi connectivity index (χ1) is 9.06. The SMILES string of the molecule is COc1cc(C)c(-c2nnc(CN)s2)cc1C(C)C. The Morgan fingerprint density at radius 1 is 1.32 bits per heavy atom. The Hall–Kier alpha value is -1.46. The molecule has 0 amide bonds. The number of methoxy groups -OCH3 is 1. The van der Waals surface area contributed by atoms with Crippen molar-refractivity contribution in [3.8, 4) is 16.3 Å². The summed E-state index contributed by atoms with van der Waals surface area (Å²) in [5.74, 6) is 1.33. The van der Waals surface area contributed by atoms with Crippen LogP contribution in [-0.4, -0.2) is 17.3 Å². The van der Waals surface area contributed by atoms with E-state index in [0.29, 0.717) is 12.5 Å². The van der Waals surface area contributed by atoms with Gasteiger partial charge >= 0.3 is 0 Å². The van der Waals surface area contributed by atoms with Gasteiger partial charge in [0.15, 0.2) is 0 Å². The molecule has 1 aromatic carbocycles. The molecular formula is C14H19N3OS. The van der Waals surface area contributed by atoms with E-state index in [-0.39, 0.29) is 0 Å². The van der Waals surface area contributed by atoms with Gasteiger partial charge in [0.2, 0.25) is 0 Å². The fraction of sp³-hybridized carbons (Fsp3) is 0.429. The van der Waals surface area contributed by atoms with E-state index in [2.05, 4.69) is 43.1 Å². The average Bonchev–Trinajstić information content (AvgIpc) is 2.86. The van der Waals surface area contributed by atoms with Crippen molar-refractivity contribution in [3.63, 3.8) is 0 Å². The minimum absolute atomic E-state index is 0.399. The van der Waals surface area contributed by atoms with E-state index in [1.807, 2.05) is 0 Å². The number of benzene rings is 1. The number of aryl methyl sites for hydroxylation is 1. The van der Waals surface area contributed by atoms with Crippen molar-refractivity contribution in [2.24, 2.45) is 5.73 Å². The molecule has 0 aliphatic carbocycles. The molecule has 2 rings (SSSR count). The van der Waals surface area contributed by atoms with Crippen LogP contribution in [0.1, 0.15) is 35.9 Å². The van der Waals surface area contributed by atoms with Crippen LogP contribution in [0.4, 0.5) is 0 Å². The predicted octanol–water partition coefficient (Wildman–Crippen LogP) is 3.10. The van der Waals surface area contributed by atoms with E-state index in [9.17, 15) is 0 Å². The number of nitrogens with two attached hydrogens (primary N) is 1. The summed E-state index contributed by atoms with van der Waals surface area (Å²) < 4.78 is 5.45. The highest BCUT2D eigenvalue weighted by molar-refractivity contribution is 7.14. The van der Waals surface area contributed by atoms with Crippen LogP contribution in [0.3, 0.4) is 0 Å². The summed E-state index contributed by atoms with van der Waals surface area (Å²) in [6, 6.07) is 4.22. The van der Waals surface area contributed by atoms with Gasteiger partial charge in [-0.2, -0.15) is 0 Å². The molecule has 19 heavy (non-hydrogen) atoms. The fourth-order valence-electron chi connectivity index (χ4n) is 2.00. The lowest BCUT2D eigenvalue weighted by Crippen LogP contribution is -1.97. The van der Waals surface area contributed by atoms with Crippen LogP contribution in [-0.2, 0) is 6.54 Å². The summed E-state index contributed by atoms with van der Waals surface area (Å²) >= 11 is 1.55. The monoisotopic (exact) mass is 277 g/mol. The molecule has 0 fully saturated rings. The van der Waals surface area contributed by atoms with Gasteiger partial charge in [0, 0.05) is 12.1 Å². The van der Waals surface area contributed by atoms with Gasteiger partial charge in [0.25, 0.3) is 0 Å². The van der Waals surface area contributed by atoms with Crippen LogP contribution < -0.4 is 10.5 Å². The van der Waals surface area contributed by atoms with E-state index in [4.69, 9.17) is 10.5 Å². The first kappa shape index (κ1) is 14.0. The molecule has 1 heterocycles. The minimum atomic E-state index is 0.399. The highest BCUT2D eigenvalue weighted by atomic mass is 32.1. The topological polar surface area (TPSA) is 61.0 Å². The van der Waals surface area contributed by atoms with Gasteiger partial charge in [-0.3, -0.25) is 0 Å². The van der Waals surface area contributed by atoms with Crippen LogP contribution >= 0.6 is 11.3 Å². The van der Waals surface area contributed by atoms with E-state index in [1.54, 1.807) is 18.4 Å². The maximum atomic E-state index is 5.59. The Bertz CT molecular complexity index is 578. The van der Waals surface area contributed by atoms with Crippen molar-refractivity contribution in [2.45, 2.75) is 33.2 Å². The highest BCUT2D eigenvalue weighted by Gasteiger charge is 2.15. The molecule has 0 unspecified atom stereocenters. The maximum absolute atomic E-state index is 5.59. The molecule has 0 aliphatic heterocycles. The molecule has 1 aromatic heterocycles. The quantitative estimate of drug-likeness (QED) is 0.932. The third-order valence-electron chi connectivity index (χ3n) is 3.07. The zero-order valence-corrected chi connectivity index (χ0v) is 12.5. The molecule has 0 bridgehead atoms. The Balaban J connectivity index is 2.54. The van der Waals surface area contributed by atoms with Gasteiger partial charge in [0.05, 0.1) is 7.11 Å². The summed E-state index contributed by atoms with van der Waals surface area (Å²) in [5.41, 5.74) is 9.03. The van der Waals surface area contributed by atoms with Crippen molar-refractivity contribution < 1.29 is 4.74 Å². The van der Waals surface area contributed by atoms with Crippen molar-refractivity contribution in [3.05, 3.63) is 28.3 Å². The molecule has 2 N–H and O–H groups in total. The smallest absolute Gasteiger partial charge is 0.148 e. The predicted molar refractivity (Wildman–Crippen MR) is 78.6 cm³/mol. The second-order valence-corrected chi connectivity index (χ2v) is 5.83. The summed E-state index contributed by atoms with van der Waals surface area (Å²) in [6.45, 7) is 6.81. The molecule has 0 radical (unpaired) electrons. The van der Waals surface area contributed by atoms with Gasteiger partial charge in [-0.05, 0) is 36.1 Å². The molecule has 102 valence electrons. The van der Waals surface area contributed by atoms with Crippen molar-refractivity contribution in [2.75, 3.05) is 7.11 Å². The van der Waals surface area contributed by atoms with Crippen LogP contribution in [0.2, 0.25) is 0 Å². The molecule has 0 aliphatic rings. The first-order valence-corrected chi connectivity index (χ1v) is 7.09. The number of hydrogen-bond acceptors (Lipinski definition) is 5. The van der Waals surface area contributed by atoms with Crippen LogP contribution in [0, 0.1) is 6.92 Å². The molecular weight excluding hydrogens is 258 g/mol. The van der Waals surface area contributed by atoms with E-state index >= 15 is 0 Å². The van der Waals surface area contributed by atoms with E-state index in [1.165, 1.54) is 5.56 Å². The lowest BCUT2D eigenvalue weighted by molar-refractivity contribution is 0.407. The summed E-state index contributed by atoms with van der Waals surface area (Å²) in [5, 5.41) is 10.1. The summed E-state index contributed by atoms with van der Waals surface area (Å²) in [4.78, 5) is 0. The number of rotatable bonds is 4. The lowest BCUT2D eigenvalue weighted by atomic mass is 9.97. The van der Waals surface area contributed by atoms with Crippen molar-refractivity contribution >= 4 is 11.3 Å². The van der Waals surface area contributed by atoms with Crippen LogP contribution in [0.5, 0.6) is 5.75 Å². The molecule has 4 nitrogen and oxygen atoms in total. The van der Waals surface area contributed by atoms with Crippen molar-refractivity contribution in [1.29, 1.82) is 0 Å².